The first-order chi connectivity index (χ1) is 9.97. The summed E-state index contributed by atoms with van der Waals surface area (Å²) in [4.78, 5) is 12.8. The van der Waals surface area contributed by atoms with E-state index in [1.165, 1.54) is 14.6 Å². The average Bonchev–Trinajstić information content (AvgIpc) is 3.10. The van der Waals surface area contributed by atoms with Gasteiger partial charge in [-0.05, 0) is 0 Å². The first kappa shape index (κ1) is 21.3. The number of ketones is 1. The first-order valence-corrected chi connectivity index (χ1v) is 14.0. The maximum atomic E-state index is 11.9. The van der Waals surface area contributed by atoms with Crippen molar-refractivity contribution in [3.8, 4) is 0 Å². The van der Waals surface area contributed by atoms with Crippen LogP contribution in [0.2, 0.25) is 19.6 Å². The Morgan fingerprint density at radius 1 is 1.17 bits per heavy atom. The van der Waals surface area contributed by atoms with Crippen LogP contribution in [0.1, 0.15) is 0 Å². The Hall–Kier alpha value is 0.278. The molecule has 0 unspecified atom stereocenters. The molecular weight excluding hydrogens is 403 g/mol. The summed E-state index contributed by atoms with van der Waals surface area (Å²) >= 11 is -0.282. The molecule has 0 radical (unpaired) electrons. The summed E-state index contributed by atoms with van der Waals surface area (Å²) < 4.78 is 13.0. The Balaban J connectivity index is 0.00000132. The predicted molar refractivity (Wildman–Crippen MR) is 84.9 cm³/mol. The van der Waals surface area contributed by atoms with Crippen molar-refractivity contribution in [1.29, 1.82) is 0 Å². The van der Waals surface area contributed by atoms with Gasteiger partial charge in [-0.15, -0.1) is 0 Å². The fourth-order valence-corrected chi connectivity index (χ4v) is 7.86. The molecule has 0 amide bonds. The largest absolute Gasteiger partial charge is 1.00 e. The second kappa shape index (κ2) is 8.58. The molecule has 0 aromatic rings. The van der Waals surface area contributed by atoms with Gasteiger partial charge in [0.15, 0.2) is 0 Å². The number of hydrogen-bond acceptors (Lipinski definition) is 3. The molecule has 0 aromatic carbocycles. The van der Waals surface area contributed by atoms with Crippen LogP contribution in [0.15, 0.2) is 43.6 Å². The molecule has 2 aliphatic carbocycles. The fraction of sp³-hybridized carbons (Fsp3) is 0.400. The van der Waals surface area contributed by atoms with E-state index in [-0.39, 0.29) is 59.3 Å². The zero-order valence-corrected chi connectivity index (χ0v) is 19.0. The summed E-state index contributed by atoms with van der Waals surface area (Å²) in [6, 6.07) is 0. The van der Waals surface area contributed by atoms with Crippen molar-refractivity contribution in [3.63, 3.8) is 0 Å². The molecule has 0 atom stereocenters. The standard InChI is InChI=1S/C9H5OSi.C6H15O2Si.2ClH.Ti/c10-6-3-1-2-5-4-7-9(11-7)8(5)6;1-7-5-6-8-9(2,3)4;;;/h1-3H,11H2;1,5-6H2,2-4H3;2*1H;/q;;;;+2/p-2. The van der Waals surface area contributed by atoms with E-state index in [1.807, 2.05) is 6.08 Å². The summed E-state index contributed by atoms with van der Waals surface area (Å²) in [7, 11) is -1.61. The van der Waals surface area contributed by atoms with E-state index < -0.39 is 8.32 Å². The Morgan fingerprint density at radius 2 is 1.91 bits per heavy atom. The van der Waals surface area contributed by atoms with Gasteiger partial charge in [0, 0.05) is 0 Å². The number of allylic oxidation sites excluding steroid dienone is 8. The monoisotopic (exact) mass is 422 g/mol. The van der Waals surface area contributed by atoms with Gasteiger partial charge in [-0.25, -0.2) is 0 Å². The third kappa shape index (κ3) is 5.13. The van der Waals surface area contributed by atoms with E-state index in [9.17, 15) is 4.79 Å². The molecular formula is C15H20Cl2O3Si2Ti. The number of ether oxygens (including phenoxy) is 1. The van der Waals surface area contributed by atoms with Crippen LogP contribution in [-0.2, 0) is 33.1 Å². The van der Waals surface area contributed by atoms with Crippen molar-refractivity contribution in [2.75, 3.05) is 18.1 Å². The molecule has 8 heteroatoms. The van der Waals surface area contributed by atoms with Crippen LogP contribution in [0.25, 0.3) is 0 Å². The van der Waals surface area contributed by atoms with Gasteiger partial charge >= 0.3 is 138 Å². The van der Waals surface area contributed by atoms with Crippen molar-refractivity contribution in [2.45, 2.75) is 19.6 Å². The molecule has 1 fully saturated rings. The zero-order valence-electron chi connectivity index (χ0n) is 13.5. The average molecular weight is 423 g/mol. The van der Waals surface area contributed by atoms with Crippen LogP contribution in [0.4, 0.5) is 0 Å². The van der Waals surface area contributed by atoms with Crippen molar-refractivity contribution in [3.05, 3.63) is 43.6 Å². The van der Waals surface area contributed by atoms with E-state index >= 15 is 0 Å². The minimum absolute atomic E-state index is 0. The minimum atomic E-state index is -1.41. The van der Waals surface area contributed by atoms with Gasteiger partial charge in [0.05, 0.1) is 0 Å². The molecule has 124 valence electrons. The van der Waals surface area contributed by atoms with E-state index in [4.69, 9.17) is 9.16 Å². The molecule has 0 spiro atoms. The summed E-state index contributed by atoms with van der Waals surface area (Å²) in [5.41, 5.74) is 2.27. The van der Waals surface area contributed by atoms with Crippen LogP contribution in [0.5, 0.6) is 0 Å². The molecule has 0 saturated carbocycles. The third-order valence-corrected chi connectivity index (χ3v) is 8.98. The smallest absolute Gasteiger partial charge is 1.00 e. The van der Waals surface area contributed by atoms with Crippen molar-refractivity contribution in [2.24, 2.45) is 0 Å². The van der Waals surface area contributed by atoms with E-state index in [2.05, 4.69) is 25.7 Å². The fourth-order valence-electron chi connectivity index (χ4n) is 2.63. The molecule has 3 aliphatic rings. The second-order valence-electron chi connectivity index (χ2n) is 6.38. The van der Waals surface area contributed by atoms with Crippen molar-refractivity contribution >= 4 is 23.6 Å². The normalized spacial score (nSPS) is 18.9. The number of fused-ring (bicyclic) bond motifs is 2. The summed E-state index contributed by atoms with van der Waals surface area (Å²) in [6.07, 6.45) is 5.71. The van der Waals surface area contributed by atoms with Crippen molar-refractivity contribution < 1.29 is 57.9 Å². The molecule has 1 aliphatic heterocycles. The maximum Gasteiger partial charge on any atom is -1.00 e. The van der Waals surface area contributed by atoms with E-state index in [0.29, 0.717) is 13.2 Å². The molecule has 1 heterocycles. The minimum Gasteiger partial charge on any atom is -1.00 e. The predicted octanol–water partition coefficient (Wildman–Crippen LogP) is -4.37. The molecule has 0 N–H and O–H groups in total. The van der Waals surface area contributed by atoms with Crippen LogP contribution in [0.3, 0.4) is 0 Å². The molecule has 0 bridgehead atoms. The van der Waals surface area contributed by atoms with Gasteiger partial charge in [0.25, 0.3) is 0 Å². The Morgan fingerprint density at radius 3 is 2.61 bits per heavy atom. The van der Waals surface area contributed by atoms with Gasteiger partial charge in [0.2, 0.25) is 0 Å². The topological polar surface area (TPSA) is 35.5 Å². The number of hydrogen-bond donors (Lipinski definition) is 0. The van der Waals surface area contributed by atoms with Gasteiger partial charge in [0.1, 0.15) is 0 Å². The number of halogens is 2. The summed E-state index contributed by atoms with van der Waals surface area (Å²) in [6.45, 7) is 7.98. The van der Waals surface area contributed by atoms with Crippen LogP contribution in [-0.4, -0.2) is 41.7 Å². The van der Waals surface area contributed by atoms with E-state index in [0.717, 1.165) is 10.5 Å². The van der Waals surface area contributed by atoms with E-state index in [1.54, 1.807) is 11.3 Å². The number of rotatable bonds is 7. The van der Waals surface area contributed by atoms with Gasteiger partial charge in [-0.2, -0.15) is 0 Å². The Labute approximate surface area is 162 Å². The molecule has 0 aromatic heterocycles. The SMILES string of the molecule is C[Si](C)(C)OCCO[CH2][Ti+2][C]1=C2[SiH2]C2=C2C(=O)C=CC=C12.[Cl-].[Cl-]. The summed E-state index contributed by atoms with van der Waals surface area (Å²) in [5.74, 6) is 0.219. The summed E-state index contributed by atoms with van der Waals surface area (Å²) in [5, 5.41) is 3.02. The van der Waals surface area contributed by atoms with Crippen LogP contribution >= 0.6 is 0 Å². The van der Waals surface area contributed by atoms with Crippen LogP contribution in [0, 0.1) is 0 Å². The third-order valence-electron chi connectivity index (χ3n) is 3.61. The van der Waals surface area contributed by atoms with Crippen molar-refractivity contribution in [1.82, 2.24) is 0 Å². The van der Waals surface area contributed by atoms with Gasteiger partial charge in [-0.1, -0.05) is 0 Å². The molecule has 1 saturated heterocycles. The quantitative estimate of drug-likeness (QED) is 0.307. The molecule has 3 nitrogen and oxygen atoms in total. The zero-order chi connectivity index (χ0) is 15.0. The van der Waals surface area contributed by atoms with Crippen LogP contribution < -0.4 is 24.8 Å². The van der Waals surface area contributed by atoms with Gasteiger partial charge < -0.3 is 24.8 Å². The maximum absolute atomic E-state index is 11.9. The molecule has 3 rings (SSSR count). The Kier molecular flexibility index (Phi) is 7.96. The van der Waals surface area contributed by atoms with Gasteiger partial charge in [-0.3, -0.25) is 0 Å². The first-order valence-electron chi connectivity index (χ1n) is 7.33. The second-order valence-corrected chi connectivity index (χ2v) is 14.4. The Bertz CT molecular complexity index is 619. The number of carbonyl (C=O) groups is 1. The molecule has 23 heavy (non-hydrogen) atoms. The number of carbonyl (C=O) groups excluding carboxylic acids is 1.